The third-order valence-corrected chi connectivity index (χ3v) is 8.73. The number of benzene rings is 2. The first kappa shape index (κ1) is 23.6. The number of nitrogens with zero attached hydrogens (tertiary/aromatic N) is 4. The number of hydrogen-bond donors (Lipinski definition) is 2. The molecule has 1 fully saturated rings. The maximum Gasteiger partial charge on any atom is 0.231 e. The smallest absolute Gasteiger partial charge is 0.231 e. The second kappa shape index (κ2) is 10.3. The Morgan fingerprint density at radius 2 is 1.89 bits per heavy atom. The molecular weight excluding hydrogens is 540 g/mol. The van der Waals surface area contributed by atoms with Gasteiger partial charge < -0.3 is 19.0 Å². The topological polar surface area (TPSA) is 92.1 Å². The fourth-order valence-corrected chi connectivity index (χ4v) is 6.23. The summed E-state index contributed by atoms with van der Waals surface area (Å²) in [4.78, 5) is 16.0. The monoisotopic (exact) mass is 566 g/mol. The molecule has 186 valence electrons. The molecule has 4 heterocycles. The molecule has 0 saturated carbocycles. The maximum atomic E-state index is 8.28. The summed E-state index contributed by atoms with van der Waals surface area (Å²) < 4.78 is 14.0. The van der Waals surface area contributed by atoms with E-state index in [1.807, 2.05) is 12.1 Å². The number of aryl methyl sites for hydroxylation is 1. The highest BCUT2D eigenvalue weighted by Gasteiger charge is 2.21. The van der Waals surface area contributed by atoms with Crippen molar-refractivity contribution in [1.29, 1.82) is 5.41 Å². The van der Waals surface area contributed by atoms with E-state index >= 15 is 0 Å². The van der Waals surface area contributed by atoms with Crippen LogP contribution >= 0.6 is 27.7 Å². The van der Waals surface area contributed by atoms with Crippen molar-refractivity contribution >= 4 is 38.9 Å². The Morgan fingerprint density at radius 3 is 2.69 bits per heavy atom. The molecule has 2 aliphatic heterocycles. The summed E-state index contributed by atoms with van der Waals surface area (Å²) in [7, 11) is 0. The number of likely N-dealkylation sites (tertiary alicyclic amines) is 1. The van der Waals surface area contributed by atoms with E-state index < -0.39 is 0 Å². The molecule has 10 heteroatoms. The van der Waals surface area contributed by atoms with Gasteiger partial charge in [-0.3, -0.25) is 10.3 Å². The molecule has 2 N–H and O–H groups in total. The van der Waals surface area contributed by atoms with E-state index in [1.165, 1.54) is 30.2 Å². The molecule has 0 amide bonds. The number of H-pyrrole nitrogens is 1. The minimum absolute atomic E-state index is 0.208. The van der Waals surface area contributed by atoms with Crippen molar-refractivity contribution in [3.05, 3.63) is 64.3 Å². The summed E-state index contributed by atoms with van der Waals surface area (Å²) in [5.41, 5.74) is 3.03. The fourth-order valence-electron chi connectivity index (χ4n) is 4.85. The number of aromatic amines is 1. The number of imidazole rings is 1. The van der Waals surface area contributed by atoms with Crippen molar-refractivity contribution in [2.45, 2.75) is 42.4 Å². The Hall–Kier alpha value is -2.82. The number of halogens is 1. The summed E-state index contributed by atoms with van der Waals surface area (Å²) in [6, 6.07) is 14.6. The lowest BCUT2D eigenvalue weighted by atomic mass is 9.93. The first-order valence-corrected chi connectivity index (χ1v) is 13.8. The summed E-state index contributed by atoms with van der Waals surface area (Å²) in [5.74, 6) is 2.15. The molecular formula is C26H27BrN6O2S. The lowest BCUT2D eigenvalue weighted by Crippen LogP contribution is -2.33. The van der Waals surface area contributed by atoms with E-state index in [-0.39, 0.29) is 12.3 Å². The summed E-state index contributed by atoms with van der Waals surface area (Å²) in [6.45, 7) is 4.38. The molecule has 8 nitrogen and oxygen atoms in total. The van der Waals surface area contributed by atoms with Crippen LogP contribution in [-0.2, 0) is 13.1 Å². The number of aromatic nitrogens is 4. The van der Waals surface area contributed by atoms with Crippen LogP contribution in [0.15, 0.2) is 63.3 Å². The normalized spacial score (nSPS) is 16.1. The average molecular weight is 568 g/mol. The molecule has 2 aromatic carbocycles. The highest BCUT2D eigenvalue weighted by atomic mass is 79.9. The van der Waals surface area contributed by atoms with Crippen LogP contribution in [0.3, 0.4) is 0 Å². The first-order valence-electron chi connectivity index (χ1n) is 12.2. The SMILES string of the molecule is N=c1ncn(CCC2CCN(Cc3ccccc3)CC2)c2nc(Sc3cc4c(cc3Br)OCO4)[nH]c12. The van der Waals surface area contributed by atoms with Crippen LogP contribution < -0.4 is 15.0 Å². The van der Waals surface area contributed by atoms with Crippen molar-refractivity contribution in [3.8, 4) is 11.5 Å². The molecule has 0 atom stereocenters. The number of hydrogen-bond acceptors (Lipinski definition) is 7. The van der Waals surface area contributed by atoms with Gasteiger partial charge in [0, 0.05) is 22.5 Å². The van der Waals surface area contributed by atoms with Gasteiger partial charge in [0.15, 0.2) is 27.8 Å². The minimum atomic E-state index is 0.208. The summed E-state index contributed by atoms with van der Waals surface area (Å²) in [5, 5.41) is 9.00. The Bertz CT molecular complexity index is 1430. The molecule has 6 rings (SSSR count). The summed E-state index contributed by atoms with van der Waals surface area (Å²) >= 11 is 5.11. The minimum Gasteiger partial charge on any atom is -0.454 e. The van der Waals surface area contributed by atoms with Gasteiger partial charge in [0.25, 0.3) is 0 Å². The second-order valence-corrected chi connectivity index (χ2v) is 11.1. The van der Waals surface area contributed by atoms with Gasteiger partial charge >= 0.3 is 0 Å². The van der Waals surface area contributed by atoms with E-state index in [1.54, 1.807) is 6.33 Å². The van der Waals surface area contributed by atoms with E-state index in [9.17, 15) is 0 Å². The zero-order chi connectivity index (χ0) is 24.5. The largest absolute Gasteiger partial charge is 0.454 e. The highest BCUT2D eigenvalue weighted by molar-refractivity contribution is 9.10. The Balaban J connectivity index is 1.12. The third kappa shape index (κ3) is 5.02. The molecule has 0 radical (unpaired) electrons. The molecule has 4 aromatic rings. The number of ether oxygens (including phenoxy) is 2. The van der Waals surface area contributed by atoms with Crippen molar-refractivity contribution in [2.24, 2.45) is 5.92 Å². The van der Waals surface area contributed by atoms with E-state index in [0.717, 1.165) is 59.1 Å². The lowest BCUT2D eigenvalue weighted by molar-refractivity contribution is 0.169. The van der Waals surface area contributed by atoms with Crippen LogP contribution in [0.1, 0.15) is 24.8 Å². The van der Waals surface area contributed by atoms with Crippen LogP contribution in [-0.4, -0.2) is 44.3 Å². The zero-order valence-corrected chi connectivity index (χ0v) is 22.1. The molecule has 36 heavy (non-hydrogen) atoms. The fraction of sp³-hybridized carbons (Fsp3) is 0.346. The lowest BCUT2D eigenvalue weighted by Gasteiger charge is -2.32. The van der Waals surface area contributed by atoms with Crippen LogP contribution in [0.4, 0.5) is 0 Å². The predicted molar refractivity (Wildman–Crippen MR) is 141 cm³/mol. The van der Waals surface area contributed by atoms with Crippen LogP contribution in [0.2, 0.25) is 0 Å². The zero-order valence-electron chi connectivity index (χ0n) is 19.7. The van der Waals surface area contributed by atoms with Crippen LogP contribution in [0.25, 0.3) is 11.2 Å². The standard InChI is InChI=1S/C26H27BrN6O2S/c27-19-12-20-21(35-16-34-20)13-22(19)36-26-30-23-24(28)29-15-33(25(23)31-26)11-8-17-6-9-32(10-7-17)14-18-4-2-1-3-5-18/h1-5,12-13,15,17,28H,6-11,14,16H2,(H,30,31). The van der Waals surface area contributed by atoms with Crippen molar-refractivity contribution in [2.75, 3.05) is 19.9 Å². The van der Waals surface area contributed by atoms with Crippen molar-refractivity contribution < 1.29 is 9.47 Å². The number of fused-ring (bicyclic) bond motifs is 2. The van der Waals surface area contributed by atoms with Gasteiger partial charge in [-0.1, -0.05) is 42.1 Å². The van der Waals surface area contributed by atoms with E-state index in [4.69, 9.17) is 19.9 Å². The van der Waals surface area contributed by atoms with E-state index in [0.29, 0.717) is 16.6 Å². The highest BCUT2D eigenvalue weighted by Crippen LogP contribution is 2.42. The van der Waals surface area contributed by atoms with Crippen LogP contribution in [0, 0.1) is 11.3 Å². The Kier molecular flexibility index (Phi) is 6.73. The van der Waals surface area contributed by atoms with Gasteiger partial charge in [-0.15, -0.1) is 0 Å². The van der Waals surface area contributed by atoms with Gasteiger partial charge in [0.2, 0.25) is 6.79 Å². The molecule has 0 bridgehead atoms. The summed E-state index contributed by atoms with van der Waals surface area (Å²) in [6.07, 6.45) is 5.25. The molecule has 0 spiro atoms. The van der Waals surface area contributed by atoms with Gasteiger partial charge in [0.05, 0.1) is 6.33 Å². The Morgan fingerprint density at radius 1 is 1.11 bits per heavy atom. The van der Waals surface area contributed by atoms with Gasteiger partial charge in [-0.2, -0.15) is 0 Å². The average Bonchev–Trinajstić information content (AvgIpc) is 3.53. The molecule has 2 aromatic heterocycles. The number of piperidine rings is 1. The van der Waals surface area contributed by atoms with E-state index in [2.05, 4.69) is 65.7 Å². The quantitative estimate of drug-likeness (QED) is 0.320. The van der Waals surface area contributed by atoms with Crippen molar-refractivity contribution in [3.63, 3.8) is 0 Å². The van der Waals surface area contributed by atoms with Gasteiger partial charge in [-0.05, 0) is 71.9 Å². The molecule has 0 aliphatic carbocycles. The third-order valence-electron chi connectivity index (χ3n) is 6.87. The number of nitrogens with one attached hydrogen (secondary N) is 2. The number of rotatable bonds is 7. The van der Waals surface area contributed by atoms with Gasteiger partial charge in [0.1, 0.15) is 5.52 Å². The second-order valence-electron chi connectivity index (χ2n) is 9.26. The Labute approximate surface area is 221 Å². The molecule has 1 saturated heterocycles. The molecule has 0 unspecified atom stereocenters. The molecule has 2 aliphatic rings. The van der Waals surface area contributed by atoms with Crippen molar-refractivity contribution in [1.82, 2.24) is 24.4 Å². The first-order chi connectivity index (χ1) is 17.6. The maximum absolute atomic E-state index is 8.28. The van der Waals surface area contributed by atoms with Crippen LogP contribution in [0.5, 0.6) is 11.5 Å². The van der Waals surface area contributed by atoms with Gasteiger partial charge in [-0.25, -0.2) is 9.97 Å². The predicted octanol–water partition coefficient (Wildman–Crippen LogP) is 5.18.